The Morgan fingerprint density at radius 3 is 1.53 bits per heavy atom. The van der Waals surface area contributed by atoms with E-state index in [9.17, 15) is 28.8 Å². The van der Waals surface area contributed by atoms with Gasteiger partial charge in [0.2, 0.25) is 12.4 Å². The van der Waals surface area contributed by atoms with Crippen LogP contribution < -0.4 is 0 Å². The Hall–Kier alpha value is -3.22. The van der Waals surface area contributed by atoms with Gasteiger partial charge in [-0.15, -0.1) is 0 Å². The molecule has 0 aromatic rings. The molecular weight excluding hydrogens is 436 g/mol. The molecule has 32 heavy (non-hydrogen) atoms. The molecule has 3 unspecified atom stereocenters. The van der Waals surface area contributed by atoms with Crippen LogP contribution in [0.1, 0.15) is 41.5 Å². The molecular formula is C19H26O13. The van der Waals surface area contributed by atoms with Crippen LogP contribution in [0.15, 0.2) is 0 Å². The van der Waals surface area contributed by atoms with Gasteiger partial charge in [-0.3, -0.25) is 28.8 Å². The fourth-order valence-corrected chi connectivity index (χ4v) is 2.97. The summed E-state index contributed by atoms with van der Waals surface area (Å²) in [7, 11) is 0. The van der Waals surface area contributed by atoms with Crippen molar-refractivity contribution in [3.05, 3.63) is 0 Å². The maximum atomic E-state index is 11.8. The highest BCUT2D eigenvalue weighted by atomic mass is 16.7. The Labute approximate surface area is 183 Å². The molecule has 1 saturated heterocycles. The summed E-state index contributed by atoms with van der Waals surface area (Å²) in [4.78, 5) is 69.7. The molecule has 0 spiro atoms. The van der Waals surface area contributed by atoms with Crippen LogP contribution in [0.2, 0.25) is 0 Å². The SMILES string of the molecule is CC(=O)OC[C@@H](OC(C)=O)C1O[C@@H](OC(C)=O)C(OC(C)=O)C(OC(C)=O)[C@@H]1OC(C)=O. The zero-order valence-corrected chi connectivity index (χ0v) is 18.5. The normalized spacial score (nSPS) is 25.5. The summed E-state index contributed by atoms with van der Waals surface area (Å²) < 4.78 is 36.4. The monoisotopic (exact) mass is 462 g/mol. The molecule has 0 radical (unpaired) electrons. The van der Waals surface area contributed by atoms with Crippen molar-refractivity contribution < 1.29 is 61.9 Å². The highest BCUT2D eigenvalue weighted by Gasteiger charge is 2.56. The van der Waals surface area contributed by atoms with Crippen LogP contribution in [0, 0.1) is 0 Å². The molecule has 1 fully saturated rings. The Balaban J connectivity index is 3.52. The standard InChI is InChI=1S/C19H26O13/c1-8(20)26-7-14(27-9(2)21)15-16(28-10(3)22)17(29-11(4)23)18(30-12(5)24)19(32-15)31-13(6)25/h14-19H,7H2,1-6H3/t14-,15?,16-,17?,18?,19-/m1/s1. The third kappa shape index (κ3) is 8.49. The smallest absolute Gasteiger partial charge is 0.305 e. The second-order valence-corrected chi connectivity index (χ2v) is 6.75. The lowest BCUT2D eigenvalue weighted by molar-refractivity contribution is -0.310. The van der Waals surface area contributed by atoms with Crippen LogP contribution in [0.25, 0.3) is 0 Å². The van der Waals surface area contributed by atoms with Crippen molar-refractivity contribution in [1.82, 2.24) is 0 Å². The zero-order chi connectivity index (χ0) is 24.6. The molecule has 1 aliphatic heterocycles. The van der Waals surface area contributed by atoms with Crippen LogP contribution in [-0.2, 0) is 61.9 Å². The molecule has 0 N–H and O–H groups in total. The van der Waals surface area contributed by atoms with E-state index >= 15 is 0 Å². The Bertz CT molecular complexity index is 732. The molecule has 13 nitrogen and oxygen atoms in total. The number of hydrogen-bond acceptors (Lipinski definition) is 13. The Morgan fingerprint density at radius 2 is 1.09 bits per heavy atom. The van der Waals surface area contributed by atoms with Gasteiger partial charge in [-0.2, -0.15) is 0 Å². The van der Waals surface area contributed by atoms with E-state index in [4.69, 9.17) is 33.2 Å². The summed E-state index contributed by atoms with van der Waals surface area (Å²) >= 11 is 0. The minimum Gasteiger partial charge on any atom is -0.462 e. The summed E-state index contributed by atoms with van der Waals surface area (Å²) in [6.07, 6.45) is -9.05. The van der Waals surface area contributed by atoms with Crippen molar-refractivity contribution in [3.8, 4) is 0 Å². The van der Waals surface area contributed by atoms with E-state index in [2.05, 4.69) is 0 Å². The van der Waals surface area contributed by atoms with Crippen LogP contribution in [0.4, 0.5) is 0 Å². The van der Waals surface area contributed by atoms with E-state index in [0.717, 1.165) is 41.5 Å². The zero-order valence-electron chi connectivity index (χ0n) is 18.5. The van der Waals surface area contributed by atoms with E-state index in [1.54, 1.807) is 0 Å². The quantitative estimate of drug-likeness (QED) is 0.337. The maximum Gasteiger partial charge on any atom is 0.305 e. The van der Waals surface area contributed by atoms with Crippen molar-refractivity contribution in [3.63, 3.8) is 0 Å². The second-order valence-electron chi connectivity index (χ2n) is 6.75. The largest absolute Gasteiger partial charge is 0.462 e. The topological polar surface area (TPSA) is 167 Å². The number of rotatable bonds is 8. The number of ether oxygens (including phenoxy) is 7. The molecule has 0 saturated carbocycles. The number of esters is 6. The summed E-state index contributed by atoms with van der Waals surface area (Å²) in [6.45, 7) is 5.83. The third-order valence-corrected chi connectivity index (χ3v) is 3.85. The fraction of sp³-hybridized carbons (Fsp3) is 0.684. The van der Waals surface area contributed by atoms with Gasteiger partial charge < -0.3 is 33.2 Å². The fourth-order valence-electron chi connectivity index (χ4n) is 2.97. The Kier molecular flexibility index (Phi) is 10.0. The average molecular weight is 462 g/mol. The van der Waals surface area contributed by atoms with E-state index in [1.165, 1.54) is 0 Å². The lowest BCUT2D eigenvalue weighted by Crippen LogP contribution is -2.65. The first kappa shape index (κ1) is 26.8. The van der Waals surface area contributed by atoms with Crippen molar-refractivity contribution in [2.45, 2.75) is 78.4 Å². The van der Waals surface area contributed by atoms with Crippen molar-refractivity contribution >= 4 is 35.8 Å². The van der Waals surface area contributed by atoms with Gasteiger partial charge in [-0.05, 0) is 0 Å². The van der Waals surface area contributed by atoms with Gasteiger partial charge in [0.25, 0.3) is 0 Å². The molecule has 1 aliphatic rings. The van der Waals surface area contributed by atoms with Crippen LogP contribution >= 0.6 is 0 Å². The van der Waals surface area contributed by atoms with Crippen molar-refractivity contribution in [1.29, 1.82) is 0 Å². The number of carbonyl (C=O) groups is 6. The van der Waals surface area contributed by atoms with Gasteiger partial charge >= 0.3 is 35.8 Å². The molecule has 6 atom stereocenters. The summed E-state index contributed by atoms with van der Waals surface area (Å²) in [5.41, 5.74) is 0. The molecule has 0 bridgehead atoms. The molecule has 1 heterocycles. The van der Waals surface area contributed by atoms with Gasteiger partial charge in [0, 0.05) is 41.5 Å². The van der Waals surface area contributed by atoms with Crippen LogP contribution in [0.3, 0.4) is 0 Å². The lowest BCUT2D eigenvalue weighted by Gasteiger charge is -2.45. The predicted molar refractivity (Wildman–Crippen MR) is 99.3 cm³/mol. The average Bonchev–Trinajstić information content (AvgIpc) is 2.61. The first-order valence-electron chi connectivity index (χ1n) is 9.46. The van der Waals surface area contributed by atoms with Crippen molar-refractivity contribution in [2.75, 3.05) is 6.61 Å². The highest BCUT2D eigenvalue weighted by Crippen LogP contribution is 2.32. The second kappa shape index (κ2) is 12.0. The Morgan fingerprint density at radius 1 is 0.625 bits per heavy atom. The van der Waals surface area contributed by atoms with Gasteiger partial charge in [-0.25, -0.2) is 0 Å². The summed E-state index contributed by atoms with van der Waals surface area (Å²) in [5, 5.41) is 0. The molecule has 1 rings (SSSR count). The molecule has 0 amide bonds. The number of hydrogen-bond donors (Lipinski definition) is 0. The molecule has 0 aromatic heterocycles. The van der Waals surface area contributed by atoms with Gasteiger partial charge in [0.1, 0.15) is 12.7 Å². The number of carbonyl (C=O) groups excluding carboxylic acids is 6. The first-order chi connectivity index (χ1) is 14.8. The van der Waals surface area contributed by atoms with Gasteiger partial charge in [-0.1, -0.05) is 0 Å². The van der Waals surface area contributed by atoms with E-state index < -0.39 is 79.2 Å². The van der Waals surface area contributed by atoms with Gasteiger partial charge in [0.15, 0.2) is 18.3 Å². The molecule has 0 aromatic carbocycles. The van der Waals surface area contributed by atoms with Gasteiger partial charge in [0.05, 0.1) is 0 Å². The summed E-state index contributed by atoms with van der Waals surface area (Å²) in [5.74, 6) is -4.90. The maximum absolute atomic E-state index is 11.8. The molecule has 0 aliphatic carbocycles. The minimum atomic E-state index is -1.65. The summed E-state index contributed by atoms with van der Waals surface area (Å²) in [6, 6.07) is 0. The first-order valence-corrected chi connectivity index (χ1v) is 9.46. The van der Waals surface area contributed by atoms with E-state index in [0.29, 0.717) is 0 Å². The van der Waals surface area contributed by atoms with Crippen molar-refractivity contribution in [2.24, 2.45) is 0 Å². The third-order valence-electron chi connectivity index (χ3n) is 3.85. The van der Waals surface area contributed by atoms with Crippen LogP contribution in [-0.4, -0.2) is 79.2 Å². The minimum absolute atomic E-state index is 0.533. The van der Waals surface area contributed by atoms with E-state index in [-0.39, 0.29) is 0 Å². The molecule has 13 heteroatoms. The van der Waals surface area contributed by atoms with E-state index in [1.807, 2.05) is 0 Å². The highest BCUT2D eigenvalue weighted by molar-refractivity contribution is 5.69. The molecule has 180 valence electrons. The predicted octanol–water partition coefficient (Wildman–Crippen LogP) is -0.436. The lowest BCUT2D eigenvalue weighted by atomic mass is 9.94. The van der Waals surface area contributed by atoms with Crippen LogP contribution in [0.5, 0.6) is 0 Å².